The fraction of sp³-hybridized carbons (Fsp3) is 0.542. The normalized spacial score (nSPS) is 29.4. The van der Waals surface area contributed by atoms with Gasteiger partial charge in [-0.1, -0.05) is 30.3 Å². The number of rotatable bonds is 2. The smallest absolute Gasteiger partial charge is 0.257 e. The number of hydrogen-bond donors (Lipinski definition) is 0. The van der Waals surface area contributed by atoms with Crippen LogP contribution in [0.4, 0.5) is 0 Å². The van der Waals surface area contributed by atoms with Crippen molar-refractivity contribution in [2.45, 2.75) is 51.6 Å². The molecule has 0 aliphatic carbocycles. The molecule has 29 heavy (non-hydrogen) atoms. The number of amides is 1. The van der Waals surface area contributed by atoms with Gasteiger partial charge in [0, 0.05) is 31.7 Å². The molecule has 0 unspecified atom stereocenters. The van der Waals surface area contributed by atoms with E-state index in [9.17, 15) is 4.79 Å². The zero-order chi connectivity index (χ0) is 20.0. The fourth-order valence-electron chi connectivity index (χ4n) is 6.07. The Morgan fingerprint density at radius 2 is 1.76 bits per heavy atom. The summed E-state index contributed by atoms with van der Waals surface area (Å²) in [5, 5.41) is 0. The van der Waals surface area contributed by atoms with E-state index in [1.54, 1.807) is 6.33 Å². The van der Waals surface area contributed by atoms with Crippen LogP contribution in [-0.4, -0.2) is 51.4 Å². The molecule has 0 radical (unpaired) electrons. The molecule has 0 N–H and O–H groups in total. The second kappa shape index (κ2) is 7.52. The Bertz CT molecular complexity index is 879. The summed E-state index contributed by atoms with van der Waals surface area (Å²) in [6, 6.07) is 12.1. The van der Waals surface area contributed by atoms with Crippen molar-refractivity contribution >= 4 is 5.91 Å². The van der Waals surface area contributed by atoms with Crippen molar-refractivity contribution in [3.8, 4) is 0 Å². The number of carbonyl (C=O) groups excluding carboxylic acids is 1. The van der Waals surface area contributed by atoms with Gasteiger partial charge < -0.3 is 4.90 Å². The molecule has 1 aromatic heterocycles. The first-order valence-electron chi connectivity index (χ1n) is 11.0. The molecular formula is C24H30N4O. The van der Waals surface area contributed by atoms with Gasteiger partial charge in [0.15, 0.2) is 0 Å². The second-order valence-corrected chi connectivity index (χ2v) is 9.11. The summed E-state index contributed by atoms with van der Waals surface area (Å²) >= 11 is 0. The Labute approximate surface area is 173 Å². The van der Waals surface area contributed by atoms with E-state index in [-0.39, 0.29) is 5.91 Å². The molecule has 1 amide bonds. The molecule has 3 saturated heterocycles. The van der Waals surface area contributed by atoms with E-state index in [2.05, 4.69) is 50.1 Å². The number of benzene rings is 1. The van der Waals surface area contributed by atoms with Crippen LogP contribution in [0.25, 0.3) is 0 Å². The molecule has 3 fully saturated rings. The predicted molar refractivity (Wildman–Crippen MR) is 113 cm³/mol. The van der Waals surface area contributed by atoms with Crippen molar-refractivity contribution in [3.63, 3.8) is 0 Å². The maximum Gasteiger partial charge on any atom is 0.257 e. The molecule has 2 bridgehead atoms. The number of fused-ring (bicyclic) bond motifs is 4. The van der Waals surface area contributed by atoms with Crippen LogP contribution in [0.3, 0.4) is 0 Å². The third kappa shape index (κ3) is 3.35. The molecule has 4 heterocycles. The molecule has 3 aliphatic rings. The maximum absolute atomic E-state index is 13.4. The minimum Gasteiger partial charge on any atom is -0.338 e. The van der Waals surface area contributed by atoms with Gasteiger partial charge in [0.25, 0.3) is 5.91 Å². The lowest BCUT2D eigenvalue weighted by Crippen LogP contribution is -2.60. The van der Waals surface area contributed by atoms with Crippen LogP contribution in [0, 0.1) is 25.7 Å². The van der Waals surface area contributed by atoms with Gasteiger partial charge in [-0.3, -0.25) is 9.69 Å². The molecule has 5 heteroatoms. The van der Waals surface area contributed by atoms with Crippen molar-refractivity contribution in [2.24, 2.45) is 11.8 Å². The molecule has 4 atom stereocenters. The topological polar surface area (TPSA) is 49.3 Å². The number of aromatic nitrogens is 2. The Balaban J connectivity index is 1.38. The number of piperidine rings is 3. The number of carbonyl (C=O) groups is 1. The average Bonchev–Trinajstić information content (AvgIpc) is 2.73. The van der Waals surface area contributed by atoms with Gasteiger partial charge in [-0.15, -0.1) is 0 Å². The summed E-state index contributed by atoms with van der Waals surface area (Å²) in [6.45, 7) is 6.66. The summed E-state index contributed by atoms with van der Waals surface area (Å²) < 4.78 is 0. The van der Waals surface area contributed by atoms with Crippen molar-refractivity contribution in [1.29, 1.82) is 0 Å². The van der Waals surface area contributed by atoms with E-state index < -0.39 is 0 Å². The molecule has 0 saturated carbocycles. The highest BCUT2D eigenvalue weighted by Gasteiger charge is 2.46. The monoisotopic (exact) mass is 390 g/mol. The summed E-state index contributed by atoms with van der Waals surface area (Å²) in [6.07, 6.45) is 6.60. The Hall–Kier alpha value is -2.27. The minimum atomic E-state index is 0.124. The highest BCUT2D eigenvalue weighted by atomic mass is 16.2. The van der Waals surface area contributed by atoms with E-state index in [0.29, 0.717) is 29.5 Å². The lowest BCUT2D eigenvalue weighted by Gasteiger charge is -2.55. The standard InChI is InChI=1S/C24H30N4O/c1-16-23(17(2)26-15-25-16)24(29)27-12-18-11-20(14-27)22-10-6-9-21(28(22)13-18)19-7-4-3-5-8-19/h3-5,7-8,15,18,20-22H,6,9-14H2,1-2H3/t18-,20+,21+,22-/m0/s1. The Kier molecular flexibility index (Phi) is 4.86. The van der Waals surface area contributed by atoms with Crippen LogP contribution >= 0.6 is 0 Å². The van der Waals surface area contributed by atoms with Crippen molar-refractivity contribution < 1.29 is 4.79 Å². The largest absolute Gasteiger partial charge is 0.338 e. The Morgan fingerprint density at radius 3 is 2.52 bits per heavy atom. The zero-order valence-corrected chi connectivity index (χ0v) is 17.4. The number of nitrogens with zero attached hydrogens (tertiary/aromatic N) is 4. The van der Waals surface area contributed by atoms with Crippen molar-refractivity contribution in [3.05, 3.63) is 59.2 Å². The molecule has 152 valence electrons. The van der Waals surface area contributed by atoms with Crippen LogP contribution in [0.5, 0.6) is 0 Å². The quantitative estimate of drug-likeness (QED) is 0.783. The highest BCUT2D eigenvalue weighted by molar-refractivity contribution is 5.96. The lowest BCUT2D eigenvalue weighted by molar-refractivity contribution is -0.0511. The van der Waals surface area contributed by atoms with Crippen LogP contribution in [0.1, 0.15) is 59.0 Å². The highest BCUT2D eigenvalue weighted by Crippen LogP contribution is 2.44. The number of aryl methyl sites for hydroxylation is 2. The second-order valence-electron chi connectivity index (χ2n) is 9.11. The molecule has 5 rings (SSSR count). The molecule has 2 aromatic rings. The van der Waals surface area contributed by atoms with Crippen molar-refractivity contribution in [2.75, 3.05) is 19.6 Å². The molecule has 3 aliphatic heterocycles. The van der Waals surface area contributed by atoms with Crippen LogP contribution < -0.4 is 0 Å². The molecule has 0 spiro atoms. The van der Waals surface area contributed by atoms with Crippen molar-refractivity contribution in [1.82, 2.24) is 19.8 Å². The first-order valence-corrected chi connectivity index (χ1v) is 11.0. The van der Waals surface area contributed by atoms with Gasteiger partial charge in [-0.25, -0.2) is 9.97 Å². The predicted octanol–water partition coefficient (Wildman–Crippen LogP) is 3.78. The van der Waals surface area contributed by atoms with E-state index in [1.807, 2.05) is 13.8 Å². The first kappa shape index (κ1) is 18.7. The van der Waals surface area contributed by atoms with E-state index in [1.165, 1.54) is 31.2 Å². The van der Waals surface area contributed by atoms with Crippen LogP contribution in [0.15, 0.2) is 36.7 Å². The molecular weight excluding hydrogens is 360 g/mol. The van der Waals surface area contributed by atoms with Gasteiger partial charge in [-0.2, -0.15) is 0 Å². The lowest BCUT2D eigenvalue weighted by atomic mass is 9.73. The zero-order valence-electron chi connectivity index (χ0n) is 17.4. The van der Waals surface area contributed by atoms with Gasteiger partial charge in [0.1, 0.15) is 6.33 Å². The van der Waals surface area contributed by atoms with E-state index >= 15 is 0 Å². The fourth-order valence-corrected chi connectivity index (χ4v) is 6.07. The average molecular weight is 391 g/mol. The third-order valence-corrected chi connectivity index (χ3v) is 7.30. The molecule has 5 nitrogen and oxygen atoms in total. The van der Waals surface area contributed by atoms with E-state index in [0.717, 1.165) is 31.0 Å². The first-order chi connectivity index (χ1) is 14.1. The summed E-state index contributed by atoms with van der Waals surface area (Å²) in [4.78, 5) is 26.8. The van der Waals surface area contributed by atoms with E-state index in [4.69, 9.17) is 0 Å². The summed E-state index contributed by atoms with van der Waals surface area (Å²) in [5.41, 5.74) is 3.75. The number of likely N-dealkylation sites (tertiary alicyclic amines) is 1. The summed E-state index contributed by atoms with van der Waals surface area (Å²) in [7, 11) is 0. The Morgan fingerprint density at radius 1 is 1.00 bits per heavy atom. The summed E-state index contributed by atoms with van der Waals surface area (Å²) in [5.74, 6) is 1.26. The SMILES string of the molecule is Cc1ncnc(C)c1C(=O)N1C[C@@H]2C[C@H](C1)[C@@H]1CCC[C@H](c3ccccc3)N1C2. The molecule has 1 aromatic carbocycles. The number of hydrogen-bond acceptors (Lipinski definition) is 4. The van der Waals surface area contributed by atoms with Gasteiger partial charge >= 0.3 is 0 Å². The van der Waals surface area contributed by atoms with Gasteiger partial charge in [0.05, 0.1) is 17.0 Å². The maximum atomic E-state index is 13.4. The van der Waals surface area contributed by atoms with Gasteiger partial charge in [-0.05, 0) is 56.9 Å². The van der Waals surface area contributed by atoms with Gasteiger partial charge in [0.2, 0.25) is 0 Å². The van der Waals surface area contributed by atoms with Crippen LogP contribution in [0.2, 0.25) is 0 Å². The van der Waals surface area contributed by atoms with Crippen LogP contribution in [-0.2, 0) is 0 Å². The third-order valence-electron chi connectivity index (χ3n) is 7.30. The minimum absolute atomic E-state index is 0.124.